The van der Waals surface area contributed by atoms with Crippen molar-refractivity contribution in [2.75, 3.05) is 39.6 Å². The van der Waals surface area contributed by atoms with Crippen molar-refractivity contribution < 1.29 is 46.7 Å². The Morgan fingerprint density at radius 3 is 0.486 bits per heavy atom. The minimum absolute atomic E-state index is 0.321. The van der Waals surface area contributed by atoms with Gasteiger partial charge in [0, 0.05) is 18.2 Å². The zero-order valence-electron chi connectivity index (χ0n) is 48.1. The molecule has 10 nitrogen and oxygen atoms in total. The van der Waals surface area contributed by atoms with E-state index in [4.69, 9.17) is 27.8 Å². The quantitative estimate of drug-likeness (QED) is 0.0191. The Morgan fingerprint density at radius 1 is 0.230 bits per heavy atom. The van der Waals surface area contributed by atoms with Crippen molar-refractivity contribution in [3.05, 3.63) is 38.0 Å². The second kappa shape index (κ2) is 60.0. The first kappa shape index (κ1) is 71.7. The van der Waals surface area contributed by atoms with Crippen LogP contribution in [0.25, 0.3) is 0 Å². The lowest BCUT2D eigenvalue weighted by Crippen LogP contribution is -2.04. The number of carbonyl (C=O) groups is 3. The standard InChI is InChI=1S/C63H117O10P/c1-4-61(64)68-55-49-43-37-31-25-19-13-7-10-16-22-28-34-40-46-52-58-71-74(67,72-59-53-47-41-35-29-23-17-11-8-14-20-26-32-38-44-50-56-69-62(65)5-2)73-60-54-48-42-36-30-24-18-12-9-15-21-27-33-39-45-51-57-70-63(66)6-3/h4-6H,1-3,7-60H2. The van der Waals surface area contributed by atoms with Crippen LogP contribution in [-0.2, 0) is 46.7 Å². The maximum atomic E-state index is 13.7. The van der Waals surface area contributed by atoms with Gasteiger partial charge in [0.1, 0.15) is 0 Å². The summed E-state index contributed by atoms with van der Waals surface area (Å²) in [6, 6.07) is 0. The normalized spacial score (nSPS) is 11.5. The summed E-state index contributed by atoms with van der Waals surface area (Å²) in [4.78, 5) is 33.2. The lowest BCUT2D eigenvalue weighted by molar-refractivity contribution is -0.138. The molecule has 0 rings (SSSR count). The molecule has 0 radical (unpaired) electrons. The fourth-order valence-corrected chi connectivity index (χ4v) is 10.7. The van der Waals surface area contributed by atoms with Crippen LogP contribution in [0.15, 0.2) is 38.0 Å². The first-order chi connectivity index (χ1) is 36.4. The average molecular weight is 1070 g/mol. The van der Waals surface area contributed by atoms with Crippen molar-refractivity contribution in [1.29, 1.82) is 0 Å². The molecule has 0 aliphatic carbocycles. The topological polar surface area (TPSA) is 124 Å². The number of esters is 3. The highest BCUT2D eigenvalue weighted by Crippen LogP contribution is 2.50. The molecule has 0 aromatic rings. The van der Waals surface area contributed by atoms with Gasteiger partial charge in [0.2, 0.25) is 0 Å². The Labute approximate surface area is 456 Å². The molecule has 0 atom stereocenters. The number of phosphoric acid groups is 1. The van der Waals surface area contributed by atoms with E-state index in [0.717, 1.165) is 77.0 Å². The van der Waals surface area contributed by atoms with Crippen LogP contribution in [0, 0.1) is 0 Å². The predicted octanol–water partition coefficient (Wildman–Crippen LogP) is 20.1. The van der Waals surface area contributed by atoms with Crippen LogP contribution in [0.5, 0.6) is 0 Å². The molecule has 0 fully saturated rings. The second-order valence-electron chi connectivity index (χ2n) is 21.0. The van der Waals surface area contributed by atoms with Crippen LogP contribution in [0.1, 0.15) is 308 Å². The molecule has 0 aliphatic rings. The Kier molecular flexibility index (Phi) is 58.1. The number of hydrogen-bond donors (Lipinski definition) is 0. The summed E-state index contributed by atoms with van der Waals surface area (Å²) in [6.45, 7) is 13.1. The van der Waals surface area contributed by atoms with Gasteiger partial charge in [-0.2, -0.15) is 0 Å². The van der Waals surface area contributed by atoms with E-state index >= 15 is 0 Å². The first-order valence-corrected chi connectivity index (χ1v) is 32.7. The highest BCUT2D eigenvalue weighted by atomic mass is 31.2. The highest BCUT2D eigenvalue weighted by Gasteiger charge is 2.26. The summed E-state index contributed by atoms with van der Waals surface area (Å²) in [5, 5.41) is 0. The molecule has 0 saturated carbocycles. The third kappa shape index (κ3) is 57.4. The van der Waals surface area contributed by atoms with E-state index in [9.17, 15) is 18.9 Å². The number of ether oxygens (including phenoxy) is 3. The SMILES string of the molecule is C=CC(=O)OCCCCCCCCCCCCCCCCCCOP(=O)(OCCCCCCCCCCCCCCCCCCOC(=O)C=C)OCCCCCCCCCCCCCCCCCCOC(=O)C=C. The van der Waals surface area contributed by atoms with Crippen molar-refractivity contribution in [3.63, 3.8) is 0 Å². The van der Waals surface area contributed by atoms with E-state index < -0.39 is 7.82 Å². The van der Waals surface area contributed by atoms with Gasteiger partial charge in [0.25, 0.3) is 0 Å². The molecule has 0 aromatic carbocycles. The smallest absolute Gasteiger partial charge is 0.463 e. The number of hydrogen-bond acceptors (Lipinski definition) is 10. The van der Waals surface area contributed by atoms with Gasteiger partial charge in [-0.1, -0.05) is 289 Å². The summed E-state index contributed by atoms with van der Waals surface area (Å²) >= 11 is 0. The molecule has 0 N–H and O–H groups in total. The van der Waals surface area contributed by atoms with Crippen molar-refractivity contribution in [3.8, 4) is 0 Å². The lowest BCUT2D eigenvalue weighted by Gasteiger charge is -2.18. The summed E-state index contributed by atoms with van der Waals surface area (Å²) < 4.78 is 46.6. The van der Waals surface area contributed by atoms with E-state index in [0.29, 0.717) is 39.6 Å². The molecule has 0 aliphatic heterocycles. The number of phosphoric ester groups is 1. The third-order valence-electron chi connectivity index (χ3n) is 14.1. The predicted molar refractivity (Wildman–Crippen MR) is 311 cm³/mol. The minimum atomic E-state index is -3.56. The van der Waals surface area contributed by atoms with Crippen LogP contribution >= 0.6 is 7.82 Å². The molecular weight excluding hydrogens is 948 g/mol. The van der Waals surface area contributed by atoms with Gasteiger partial charge in [-0.25, -0.2) is 18.9 Å². The molecule has 0 amide bonds. The van der Waals surface area contributed by atoms with Gasteiger partial charge >= 0.3 is 25.7 Å². The summed E-state index contributed by atoms with van der Waals surface area (Å²) in [5.74, 6) is -0.964. The molecule has 0 aromatic heterocycles. The van der Waals surface area contributed by atoms with E-state index in [1.165, 1.54) is 249 Å². The van der Waals surface area contributed by atoms with Crippen molar-refractivity contribution in [1.82, 2.24) is 0 Å². The number of unbranched alkanes of at least 4 members (excludes halogenated alkanes) is 45. The van der Waals surface area contributed by atoms with Crippen LogP contribution in [0.4, 0.5) is 0 Å². The van der Waals surface area contributed by atoms with Crippen molar-refractivity contribution in [2.24, 2.45) is 0 Å². The summed E-state index contributed by atoms with van der Waals surface area (Å²) in [5.41, 5.74) is 0. The molecule has 74 heavy (non-hydrogen) atoms. The molecular formula is C63H117O10P. The Hall–Kier alpha value is -2.26. The highest BCUT2D eigenvalue weighted by molar-refractivity contribution is 7.48. The lowest BCUT2D eigenvalue weighted by atomic mass is 10.0. The fraction of sp³-hybridized carbons (Fsp3) is 0.857. The zero-order valence-corrected chi connectivity index (χ0v) is 49.0. The molecule has 0 heterocycles. The Morgan fingerprint density at radius 2 is 0.351 bits per heavy atom. The van der Waals surface area contributed by atoms with Crippen LogP contribution in [-0.4, -0.2) is 57.5 Å². The third-order valence-corrected chi connectivity index (χ3v) is 15.6. The van der Waals surface area contributed by atoms with E-state index in [1.807, 2.05) is 0 Å². The Bertz CT molecular complexity index is 1150. The van der Waals surface area contributed by atoms with E-state index in [-0.39, 0.29) is 17.9 Å². The van der Waals surface area contributed by atoms with E-state index in [1.54, 1.807) is 0 Å². The number of carbonyl (C=O) groups excluding carboxylic acids is 3. The zero-order chi connectivity index (χ0) is 53.8. The van der Waals surface area contributed by atoms with Gasteiger partial charge < -0.3 is 14.2 Å². The number of rotatable bonds is 63. The second-order valence-corrected chi connectivity index (χ2v) is 22.7. The molecule has 0 unspecified atom stereocenters. The Balaban J connectivity index is 4.13. The molecule has 0 bridgehead atoms. The van der Waals surface area contributed by atoms with Gasteiger partial charge in [0.05, 0.1) is 39.6 Å². The van der Waals surface area contributed by atoms with Gasteiger partial charge in [-0.05, 0) is 38.5 Å². The van der Waals surface area contributed by atoms with Gasteiger partial charge in [-0.3, -0.25) is 13.6 Å². The van der Waals surface area contributed by atoms with Crippen LogP contribution in [0.2, 0.25) is 0 Å². The maximum Gasteiger partial charge on any atom is 0.474 e. The molecule has 11 heteroatoms. The average Bonchev–Trinajstić information content (AvgIpc) is 3.41. The van der Waals surface area contributed by atoms with Crippen molar-refractivity contribution >= 4 is 25.7 Å². The molecule has 0 saturated heterocycles. The summed E-state index contributed by atoms with van der Waals surface area (Å²) in [7, 11) is -3.56. The monoisotopic (exact) mass is 1060 g/mol. The van der Waals surface area contributed by atoms with Crippen molar-refractivity contribution in [2.45, 2.75) is 308 Å². The van der Waals surface area contributed by atoms with Gasteiger partial charge in [0.15, 0.2) is 0 Å². The van der Waals surface area contributed by atoms with Gasteiger partial charge in [-0.15, -0.1) is 0 Å². The van der Waals surface area contributed by atoms with Crippen LogP contribution in [0.3, 0.4) is 0 Å². The summed E-state index contributed by atoms with van der Waals surface area (Å²) in [6.07, 6.45) is 62.4. The maximum absolute atomic E-state index is 13.7. The first-order valence-electron chi connectivity index (χ1n) is 31.3. The largest absolute Gasteiger partial charge is 0.474 e. The minimum Gasteiger partial charge on any atom is -0.463 e. The fourth-order valence-electron chi connectivity index (χ4n) is 9.37. The molecule has 0 spiro atoms. The molecule has 434 valence electrons. The van der Waals surface area contributed by atoms with Crippen LogP contribution < -0.4 is 0 Å². The van der Waals surface area contributed by atoms with E-state index in [2.05, 4.69) is 19.7 Å².